The molecule has 2 atom stereocenters. The van der Waals surface area contributed by atoms with Gasteiger partial charge < -0.3 is 14.6 Å². The molecule has 0 aliphatic carbocycles. The number of halogens is 4. The number of benzene rings is 1. The van der Waals surface area contributed by atoms with Gasteiger partial charge in [-0.05, 0) is 25.1 Å². The third kappa shape index (κ3) is 3.90. The number of hydrogen-bond acceptors (Lipinski definition) is 5. The molecule has 7 nitrogen and oxygen atoms in total. The van der Waals surface area contributed by atoms with E-state index in [-0.39, 0.29) is 18.7 Å². The molecule has 3 heterocycles. The van der Waals surface area contributed by atoms with Crippen molar-refractivity contribution in [1.29, 1.82) is 5.26 Å². The maximum absolute atomic E-state index is 14.6. The Hall–Kier alpha value is -3.78. The number of fused-ring (bicyclic) bond motifs is 1. The second-order valence-electron chi connectivity index (χ2n) is 8.07. The van der Waals surface area contributed by atoms with Crippen LogP contribution in [0.4, 0.5) is 17.6 Å². The van der Waals surface area contributed by atoms with E-state index in [0.29, 0.717) is 22.5 Å². The molecule has 0 saturated heterocycles. The number of rotatable bonds is 5. The lowest BCUT2D eigenvalue weighted by Crippen LogP contribution is -2.45. The number of hydrogen-bond donors (Lipinski definition) is 1. The van der Waals surface area contributed by atoms with Gasteiger partial charge in [0.25, 0.3) is 12.3 Å². The van der Waals surface area contributed by atoms with Crippen LogP contribution < -0.4 is 0 Å². The number of amides is 1. The molecule has 0 saturated carbocycles. The number of nitrogens with zero attached hydrogens (tertiary/aromatic N) is 5. The second kappa shape index (κ2) is 8.87. The van der Waals surface area contributed by atoms with Crippen molar-refractivity contribution in [3.8, 4) is 17.3 Å². The summed E-state index contributed by atoms with van der Waals surface area (Å²) in [6, 6.07) is 9.07. The first-order valence-electron chi connectivity index (χ1n) is 10.3. The Bertz CT molecular complexity index is 1270. The first kappa shape index (κ1) is 23.4. The third-order valence-electron chi connectivity index (χ3n) is 5.79. The molecule has 0 spiro atoms. The van der Waals surface area contributed by atoms with E-state index in [4.69, 9.17) is 5.26 Å². The fraction of sp³-hybridized carbons (Fsp3) is 0.304. The molecule has 0 radical (unpaired) electrons. The maximum Gasteiger partial charge on any atom is 0.276 e. The van der Waals surface area contributed by atoms with Gasteiger partial charge in [-0.15, -0.1) is 0 Å². The van der Waals surface area contributed by atoms with E-state index in [9.17, 15) is 27.5 Å². The predicted molar refractivity (Wildman–Crippen MR) is 112 cm³/mol. The van der Waals surface area contributed by atoms with E-state index < -0.39 is 42.3 Å². The number of aromatic nitrogens is 3. The molecular formula is C23H19F4N5O2. The van der Waals surface area contributed by atoms with Gasteiger partial charge in [0.05, 0.1) is 53.6 Å². The highest BCUT2D eigenvalue weighted by Crippen LogP contribution is 2.34. The van der Waals surface area contributed by atoms with Crippen molar-refractivity contribution in [2.45, 2.75) is 31.5 Å². The molecule has 176 valence electrons. The molecular weight excluding hydrogens is 454 g/mol. The third-order valence-corrected chi connectivity index (χ3v) is 5.79. The van der Waals surface area contributed by atoms with Gasteiger partial charge in [0, 0.05) is 12.1 Å². The number of nitriles is 1. The van der Waals surface area contributed by atoms with Crippen LogP contribution in [0.3, 0.4) is 0 Å². The topological polar surface area (TPSA) is 95.0 Å². The molecule has 11 heteroatoms. The zero-order chi connectivity index (χ0) is 24.6. The van der Waals surface area contributed by atoms with E-state index >= 15 is 0 Å². The lowest BCUT2D eigenvalue weighted by molar-refractivity contribution is -0.122. The summed E-state index contributed by atoms with van der Waals surface area (Å²) in [5, 5.41) is 19.1. The van der Waals surface area contributed by atoms with Crippen LogP contribution in [0.25, 0.3) is 11.3 Å². The van der Waals surface area contributed by atoms with Crippen molar-refractivity contribution in [2.75, 3.05) is 13.2 Å². The fourth-order valence-corrected chi connectivity index (χ4v) is 4.00. The van der Waals surface area contributed by atoms with Crippen LogP contribution in [-0.2, 0) is 12.1 Å². The van der Waals surface area contributed by atoms with Gasteiger partial charge in [0.15, 0.2) is 5.82 Å². The highest BCUT2D eigenvalue weighted by atomic mass is 19.3. The van der Waals surface area contributed by atoms with Gasteiger partial charge in [0.1, 0.15) is 12.5 Å². The van der Waals surface area contributed by atoms with Gasteiger partial charge in [-0.2, -0.15) is 5.26 Å². The number of aliphatic hydroxyl groups is 1. The van der Waals surface area contributed by atoms with Gasteiger partial charge in [-0.25, -0.2) is 22.5 Å². The monoisotopic (exact) mass is 473 g/mol. The van der Waals surface area contributed by atoms with Crippen molar-refractivity contribution in [3.05, 3.63) is 71.2 Å². The number of imidazole rings is 1. The largest absolute Gasteiger partial charge is 0.374 e. The average molecular weight is 473 g/mol. The molecule has 1 aliphatic heterocycles. The molecule has 0 bridgehead atoms. The lowest BCUT2D eigenvalue weighted by atomic mass is 10.0. The Morgan fingerprint density at radius 3 is 2.62 bits per heavy atom. The minimum atomic E-state index is -3.40. The van der Waals surface area contributed by atoms with E-state index in [1.54, 1.807) is 31.2 Å². The molecule has 1 N–H and O–H groups in total. The highest BCUT2D eigenvalue weighted by molar-refractivity contribution is 5.95. The number of carbonyl (C=O) groups excluding carboxylic acids is 1. The molecule has 3 aromatic rings. The summed E-state index contributed by atoms with van der Waals surface area (Å²) >= 11 is 0. The Morgan fingerprint density at radius 2 is 2.00 bits per heavy atom. The fourth-order valence-electron chi connectivity index (χ4n) is 4.00. The molecule has 1 amide bonds. The maximum atomic E-state index is 14.6. The second-order valence-corrected chi connectivity index (χ2v) is 8.07. The summed E-state index contributed by atoms with van der Waals surface area (Å²) in [4.78, 5) is 22.3. The Labute approximate surface area is 191 Å². The first-order valence-corrected chi connectivity index (χ1v) is 10.3. The van der Waals surface area contributed by atoms with Gasteiger partial charge in [-0.1, -0.05) is 12.1 Å². The van der Waals surface area contributed by atoms with Gasteiger partial charge >= 0.3 is 0 Å². The number of carbonyl (C=O) groups is 1. The van der Waals surface area contributed by atoms with Crippen LogP contribution in [-0.4, -0.2) is 50.1 Å². The van der Waals surface area contributed by atoms with Crippen LogP contribution in [0, 0.1) is 17.1 Å². The van der Waals surface area contributed by atoms with Gasteiger partial charge in [0.2, 0.25) is 5.60 Å². The van der Waals surface area contributed by atoms with Gasteiger partial charge in [-0.3, -0.25) is 9.78 Å². The molecule has 4 rings (SSSR count). The Morgan fingerprint density at radius 1 is 1.29 bits per heavy atom. The van der Waals surface area contributed by atoms with Crippen LogP contribution in [0.15, 0.2) is 42.7 Å². The van der Waals surface area contributed by atoms with E-state index in [1.807, 2.05) is 6.07 Å². The van der Waals surface area contributed by atoms with E-state index in [0.717, 1.165) is 6.20 Å². The Kier molecular flexibility index (Phi) is 6.10. The predicted octanol–water partition coefficient (Wildman–Crippen LogP) is 3.60. The number of alkyl halides is 3. The highest BCUT2D eigenvalue weighted by Gasteiger charge is 2.46. The molecule has 1 aromatic carbocycles. The lowest BCUT2D eigenvalue weighted by Gasteiger charge is -2.36. The SMILES string of the molecule is CC1CN(C(=O)c2cc(-c3ccc(C#N)cc3)ncc2F)Cc2cnc(C(O)(CF)C(F)F)n21. The van der Waals surface area contributed by atoms with Crippen molar-refractivity contribution in [1.82, 2.24) is 19.4 Å². The van der Waals surface area contributed by atoms with Crippen LogP contribution in [0.1, 0.15) is 40.4 Å². The van der Waals surface area contributed by atoms with Crippen LogP contribution in [0.2, 0.25) is 0 Å². The summed E-state index contributed by atoms with van der Waals surface area (Å²) in [5.74, 6) is -2.00. The van der Waals surface area contributed by atoms with E-state index in [1.165, 1.54) is 21.7 Å². The first-order chi connectivity index (χ1) is 16.2. The normalized spacial score (nSPS) is 17.2. The smallest absolute Gasteiger partial charge is 0.276 e. The summed E-state index contributed by atoms with van der Waals surface area (Å²) < 4.78 is 55.9. The molecule has 2 unspecified atom stereocenters. The minimum Gasteiger partial charge on any atom is -0.374 e. The quantitative estimate of drug-likeness (QED) is 0.572. The molecule has 1 aliphatic rings. The summed E-state index contributed by atoms with van der Waals surface area (Å²) in [6.45, 7) is -0.231. The molecule has 34 heavy (non-hydrogen) atoms. The van der Waals surface area contributed by atoms with Crippen molar-refractivity contribution < 1.29 is 27.5 Å². The summed E-state index contributed by atoms with van der Waals surface area (Å²) in [5.41, 5.74) is -1.64. The summed E-state index contributed by atoms with van der Waals surface area (Å²) in [7, 11) is 0. The van der Waals surface area contributed by atoms with Crippen LogP contribution in [0.5, 0.6) is 0 Å². The van der Waals surface area contributed by atoms with Crippen molar-refractivity contribution >= 4 is 5.91 Å². The zero-order valence-corrected chi connectivity index (χ0v) is 17.9. The van der Waals surface area contributed by atoms with Crippen molar-refractivity contribution in [2.24, 2.45) is 0 Å². The molecule has 0 fully saturated rings. The minimum absolute atomic E-state index is 0.00520. The zero-order valence-electron chi connectivity index (χ0n) is 17.9. The van der Waals surface area contributed by atoms with Crippen LogP contribution >= 0.6 is 0 Å². The molecule has 2 aromatic heterocycles. The number of pyridine rings is 1. The average Bonchev–Trinajstić information content (AvgIpc) is 3.28. The summed E-state index contributed by atoms with van der Waals surface area (Å²) in [6.07, 6.45) is -1.28. The van der Waals surface area contributed by atoms with E-state index in [2.05, 4.69) is 9.97 Å². The Balaban J connectivity index is 1.64. The standard InChI is InChI=1S/C23H19F4N5O2/c1-13-10-31(11-16-8-30-22(32(13)16)23(34,12-24)21(26)27)20(33)17-6-19(29-9-18(17)25)15-4-2-14(7-28)3-5-15/h2-6,8-9,13,21,34H,10-12H2,1H3. The van der Waals surface area contributed by atoms with Crippen molar-refractivity contribution in [3.63, 3.8) is 0 Å².